The summed E-state index contributed by atoms with van der Waals surface area (Å²) in [5, 5.41) is 22.2. The van der Waals surface area contributed by atoms with Gasteiger partial charge in [0.2, 0.25) is 0 Å². The molecule has 2 aliphatic rings. The molecule has 1 aliphatic heterocycles. The first-order valence-electron chi connectivity index (χ1n) is 12.2. The number of anilines is 2. The zero-order chi connectivity index (χ0) is 26.2. The summed E-state index contributed by atoms with van der Waals surface area (Å²) in [4.78, 5) is 24.8. The van der Waals surface area contributed by atoms with E-state index in [4.69, 9.17) is 21.9 Å². The number of nitriles is 1. The molecule has 10 nitrogen and oxygen atoms in total. The minimum absolute atomic E-state index is 0.149. The van der Waals surface area contributed by atoms with Gasteiger partial charge in [-0.25, -0.2) is 9.97 Å². The molecule has 192 valence electrons. The molecule has 0 radical (unpaired) electrons. The van der Waals surface area contributed by atoms with E-state index >= 15 is 0 Å². The summed E-state index contributed by atoms with van der Waals surface area (Å²) < 4.78 is 7.41. The topological polar surface area (TPSA) is 121 Å². The van der Waals surface area contributed by atoms with E-state index in [1.165, 1.54) is 11.3 Å². The lowest BCUT2D eigenvalue weighted by Gasteiger charge is -2.36. The van der Waals surface area contributed by atoms with Gasteiger partial charge in [-0.3, -0.25) is 9.48 Å². The van der Waals surface area contributed by atoms with Gasteiger partial charge in [-0.05, 0) is 51.8 Å². The SMILES string of the molecule is C[C@@H]1CN(c2cccc(-c3csc(NC(=S)[C@H](C)NC(=O)c4ccn(C5(C#N)CC5)n4)n3)n2)C[C@H](C)O1. The van der Waals surface area contributed by atoms with Crippen LogP contribution in [-0.4, -0.2) is 62.0 Å². The summed E-state index contributed by atoms with van der Waals surface area (Å²) in [6, 6.07) is 9.36. The number of amides is 1. The molecule has 0 bridgehead atoms. The van der Waals surface area contributed by atoms with E-state index in [1.54, 1.807) is 23.9 Å². The summed E-state index contributed by atoms with van der Waals surface area (Å²) in [6.07, 6.45) is 3.47. The maximum Gasteiger partial charge on any atom is 0.272 e. The van der Waals surface area contributed by atoms with E-state index in [0.717, 1.165) is 43.1 Å². The second kappa shape index (κ2) is 10.2. The number of carbonyl (C=O) groups excluding carboxylic acids is 1. The fraction of sp³-hybridized carbons (Fsp3) is 0.440. The molecule has 3 aromatic heterocycles. The number of nitrogens with one attached hydrogen (secondary N) is 2. The van der Waals surface area contributed by atoms with E-state index < -0.39 is 11.6 Å². The smallest absolute Gasteiger partial charge is 0.272 e. The standard InChI is InChI=1S/C25H28N8O2S2/c1-15-11-32(12-16(2)35-15)21-6-4-5-18(28-21)20-13-37-24(29-20)30-23(36)17(3)27-22(34)19-7-10-33(31-19)25(14-26)8-9-25/h4-7,10,13,15-17H,8-9,11-12H2,1-3H3,(H,27,34)(H,29,30,36)/t15-,16+,17-/m0/s1. The highest BCUT2D eigenvalue weighted by atomic mass is 32.1. The fourth-order valence-corrected chi connectivity index (χ4v) is 5.24. The Morgan fingerprint density at radius 2 is 2.00 bits per heavy atom. The number of rotatable bonds is 7. The number of hydrogen-bond donors (Lipinski definition) is 2. The van der Waals surface area contributed by atoms with Gasteiger partial charge >= 0.3 is 0 Å². The number of thiocarbonyl (C=S) groups is 1. The molecule has 1 saturated heterocycles. The lowest BCUT2D eigenvalue weighted by molar-refractivity contribution is -0.00545. The van der Waals surface area contributed by atoms with Crippen LogP contribution in [0.3, 0.4) is 0 Å². The summed E-state index contributed by atoms with van der Waals surface area (Å²) in [7, 11) is 0. The van der Waals surface area contributed by atoms with Crippen molar-refractivity contribution in [3.05, 3.63) is 41.5 Å². The van der Waals surface area contributed by atoms with Crippen molar-refractivity contribution in [2.24, 2.45) is 0 Å². The molecule has 2 N–H and O–H groups in total. The first-order chi connectivity index (χ1) is 17.8. The average molecular weight is 537 g/mol. The van der Waals surface area contributed by atoms with Crippen LogP contribution in [-0.2, 0) is 10.3 Å². The number of pyridine rings is 1. The number of nitrogens with zero attached hydrogens (tertiary/aromatic N) is 6. The van der Waals surface area contributed by atoms with Gasteiger partial charge in [0.05, 0.1) is 30.0 Å². The Morgan fingerprint density at radius 1 is 1.24 bits per heavy atom. The molecule has 0 spiro atoms. The van der Waals surface area contributed by atoms with Crippen LogP contribution in [0.1, 0.15) is 44.1 Å². The lowest BCUT2D eigenvalue weighted by Crippen LogP contribution is -2.45. The summed E-state index contributed by atoms with van der Waals surface area (Å²) in [5.41, 5.74) is 1.18. The predicted molar refractivity (Wildman–Crippen MR) is 146 cm³/mol. The van der Waals surface area contributed by atoms with Gasteiger partial charge in [0.1, 0.15) is 27.7 Å². The van der Waals surface area contributed by atoms with Crippen LogP contribution in [0.4, 0.5) is 10.9 Å². The molecule has 1 amide bonds. The molecule has 1 saturated carbocycles. The zero-order valence-corrected chi connectivity index (χ0v) is 22.5. The second-order valence-corrected chi connectivity index (χ2v) is 10.9. The predicted octanol–water partition coefficient (Wildman–Crippen LogP) is 3.59. The highest BCUT2D eigenvalue weighted by molar-refractivity contribution is 7.80. The minimum Gasteiger partial charge on any atom is -0.372 e. The van der Waals surface area contributed by atoms with Crippen molar-refractivity contribution < 1.29 is 9.53 Å². The molecule has 0 unspecified atom stereocenters. The van der Waals surface area contributed by atoms with Crippen LogP contribution >= 0.6 is 23.6 Å². The first-order valence-corrected chi connectivity index (χ1v) is 13.5. The number of thiazole rings is 1. The van der Waals surface area contributed by atoms with Gasteiger partial charge in [0.25, 0.3) is 5.91 Å². The molecule has 3 atom stereocenters. The summed E-state index contributed by atoms with van der Waals surface area (Å²) in [6.45, 7) is 7.53. The Kier molecular flexibility index (Phi) is 6.94. The highest BCUT2D eigenvalue weighted by Crippen LogP contribution is 2.42. The number of morpholine rings is 1. The van der Waals surface area contributed by atoms with Gasteiger partial charge < -0.3 is 20.3 Å². The molecule has 12 heteroatoms. The van der Waals surface area contributed by atoms with Crippen LogP contribution in [0.5, 0.6) is 0 Å². The van der Waals surface area contributed by atoms with E-state index in [-0.39, 0.29) is 23.8 Å². The first kappa shape index (κ1) is 25.3. The van der Waals surface area contributed by atoms with Crippen molar-refractivity contribution in [1.29, 1.82) is 5.26 Å². The molecule has 1 aliphatic carbocycles. The Morgan fingerprint density at radius 3 is 2.70 bits per heavy atom. The normalized spacial score (nSPS) is 21.1. The van der Waals surface area contributed by atoms with Gasteiger partial charge in [-0.15, -0.1) is 11.3 Å². The van der Waals surface area contributed by atoms with Crippen LogP contribution in [0.25, 0.3) is 11.4 Å². The largest absolute Gasteiger partial charge is 0.372 e. The van der Waals surface area contributed by atoms with Gasteiger partial charge in [0.15, 0.2) is 5.13 Å². The molecule has 4 heterocycles. The van der Waals surface area contributed by atoms with Gasteiger partial charge in [-0.1, -0.05) is 18.3 Å². The Hall–Kier alpha value is -3.40. The van der Waals surface area contributed by atoms with Crippen molar-refractivity contribution in [3.63, 3.8) is 0 Å². The maximum absolute atomic E-state index is 12.7. The summed E-state index contributed by atoms with van der Waals surface area (Å²) in [5.74, 6) is 0.551. The fourth-order valence-electron chi connectivity index (χ4n) is 4.30. The molecule has 0 aromatic carbocycles. The average Bonchev–Trinajstić information content (AvgIpc) is 3.27. The van der Waals surface area contributed by atoms with Crippen LogP contribution in [0.2, 0.25) is 0 Å². The number of ether oxygens (including phenoxy) is 1. The van der Waals surface area contributed by atoms with Crippen LogP contribution in [0.15, 0.2) is 35.8 Å². The summed E-state index contributed by atoms with van der Waals surface area (Å²) >= 11 is 6.93. The number of hydrogen-bond acceptors (Lipinski definition) is 9. The molecular formula is C25H28N8O2S2. The third kappa shape index (κ3) is 5.49. The van der Waals surface area contributed by atoms with Gasteiger partial charge in [-0.2, -0.15) is 10.4 Å². The minimum atomic E-state index is -0.600. The monoisotopic (exact) mass is 536 g/mol. The highest BCUT2D eigenvalue weighted by Gasteiger charge is 2.46. The Bertz CT molecular complexity index is 1350. The van der Waals surface area contributed by atoms with E-state index in [0.29, 0.717) is 10.1 Å². The Balaban J connectivity index is 1.20. The van der Waals surface area contributed by atoms with Crippen molar-refractivity contribution in [2.75, 3.05) is 23.3 Å². The second-order valence-electron chi connectivity index (χ2n) is 9.55. The molecule has 3 aromatic rings. The van der Waals surface area contributed by atoms with Crippen molar-refractivity contribution >= 4 is 45.4 Å². The Labute approximate surface area is 224 Å². The van der Waals surface area contributed by atoms with E-state index in [2.05, 4.69) is 45.5 Å². The lowest BCUT2D eigenvalue weighted by atomic mass is 10.2. The van der Waals surface area contributed by atoms with Crippen molar-refractivity contribution in [1.82, 2.24) is 25.1 Å². The third-order valence-electron chi connectivity index (χ3n) is 6.41. The molecular weight excluding hydrogens is 508 g/mol. The van der Waals surface area contributed by atoms with Crippen molar-refractivity contribution in [3.8, 4) is 17.5 Å². The number of carbonyl (C=O) groups is 1. The molecule has 37 heavy (non-hydrogen) atoms. The molecule has 5 rings (SSSR count). The van der Waals surface area contributed by atoms with Crippen LogP contribution in [0, 0.1) is 11.3 Å². The zero-order valence-electron chi connectivity index (χ0n) is 20.8. The third-order valence-corrected chi connectivity index (χ3v) is 7.62. The molecule has 2 fully saturated rings. The maximum atomic E-state index is 12.7. The quantitative estimate of drug-likeness (QED) is 0.436. The van der Waals surface area contributed by atoms with E-state index in [1.807, 2.05) is 23.6 Å². The van der Waals surface area contributed by atoms with Crippen LogP contribution < -0.4 is 15.5 Å². The van der Waals surface area contributed by atoms with Gasteiger partial charge in [0, 0.05) is 24.7 Å². The van der Waals surface area contributed by atoms with E-state index in [9.17, 15) is 10.1 Å². The van der Waals surface area contributed by atoms with Crippen molar-refractivity contribution in [2.45, 2.75) is 57.4 Å². The number of aromatic nitrogens is 4.